The number of thioether (sulfide) groups is 1. The van der Waals surface area contributed by atoms with Crippen LogP contribution in [0.5, 0.6) is 0 Å². The molecule has 1 N–H and O–H groups in total. The SMILES string of the molecule is Cc1nc(CSc2ccccc2C(=O)NCc2nc(-c3ccncc3)cs2)no1. The van der Waals surface area contributed by atoms with Crippen LogP contribution < -0.4 is 5.32 Å². The van der Waals surface area contributed by atoms with Gasteiger partial charge in [0.05, 0.1) is 23.6 Å². The normalized spacial score (nSPS) is 10.8. The Balaban J connectivity index is 1.39. The average Bonchev–Trinajstić information content (AvgIpc) is 3.40. The molecule has 0 saturated carbocycles. The number of thiazole rings is 1. The number of benzene rings is 1. The summed E-state index contributed by atoms with van der Waals surface area (Å²) < 4.78 is 4.99. The Morgan fingerprint density at radius 2 is 2.00 bits per heavy atom. The number of hydrogen-bond donors (Lipinski definition) is 1. The van der Waals surface area contributed by atoms with E-state index in [2.05, 4.69) is 25.4 Å². The summed E-state index contributed by atoms with van der Waals surface area (Å²) in [7, 11) is 0. The third-order valence-corrected chi connectivity index (χ3v) is 5.90. The van der Waals surface area contributed by atoms with E-state index in [1.807, 2.05) is 41.8 Å². The van der Waals surface area contributed by atoms with Crippen LogP contribution >= 0.6 is 23.1 Å². The van der Waals surface area contributed by atoms with Gasteiger partial charge in [0.15, 0.2) is 5.82 Å². The maximum atomic E-state index is 12.7. The highest BCUT2D eigenvalue weighted by Gasteiger charge is 2.13. The van der Waals surface area contributed by atoms with Crippen molar-refractivity contribution in [2.45, 2.75) is 24.1 Å². The van der Waals surface area contributed by atoms with Crippen molar-refractivity contribution in [2.24, 2.45) is 0 Å². The van der Waals surface area contributed by atoms with Gasteiger partial charge in [0.2, 0.25) is 5.89 Å². The van der Waals surface area contributed by atoms with Crippen LogP contribution in [0.4, 0.5) is 0 Å². The molecule has 0 bridgehead atoms. The molecular weight excluding hydrogens is 406 g/mol. The molecule has 0 atom stereocenters. The molecule has 4 aromatic rings. The lowest BCUT2D eigenvalue weighted by molar-refractivity contribution is 0.0948. The van der Waals surface area contributed by atoms with E-state index < -0.39 is 0 Å². The van der Waals surface area contributed by atoms with Crippen molar-refractivity contribution in [1.82, 2.24) is 25.4 Å². The van der Waals surface area contributed by atoms with E-state index in [9.17, 15) is 4.79 Å². The van der Waals surface area contributed by atoms with Crippen molar-refractivity contribution >= 4 is 29.0 Å². The standard InChI is InChI=1S/C20H17N5O2S2/c1-13-23-18(25-27-13)12-28-17-5-3-2-4-15(17)20(26)22-10-19-24-16(11-29-19)14-6-8-21-9-7-14/h2-9,11H,10,12H2,1H3,(H,22,26). The molecule has 0 unspecified atom stereocenters. The summed E-state index contributed by atoms with van der Waals surface area (Å²) in [5.74, 6) is 1.53. The Hall–Kier alpha value is -3.04. The molecule has 0 radical (unpaired) electrons. The Labute approximate surface area is 175 Å². The van der Waals surface area contributed by atoms with Crippen molar-refractivity contribution in [1.29, 1.82) is 0 Å². The number of carbonyl (C=O) groups is 1. The number of rotatable bonds is 7. The molecular formula is C20H17N5O2S2. The van der Waals surface area contributed by atoms with Crippen LogP contribution in [0.2, 0.25) is 0 Å². The average molecular weight is 424 g/mol. The van der Waals surface area contributed by atoms with E-state index in [0.717, 1.165) is 21.2 Å². The molecule has 0 aliphatic carbocycles. The fourth-order valence-electron chi connectivity index (χ4n) is 2.62. The monoisotopic (exact) mass is 423 g/mol. The smallest absolute Gasteiger partial charge is 0.252 e. The molecule has 1 amide bonds. The second-order valence-electron chi connectivity index (χ2n) is 6.06. The topological polar surface area (TPSA) is 93.8 Å². The third-order valence-electron chi connectivity index (χ3n) is 3.99. The first-order chi connectivity index (χ1) is 14.2. The van der Waals surface area contributed by atoms with Crippen molar-refractivity contribution in [3.63, 3.8) is 0 Å². The summed E-state index contributed by atoms with van der Waals surface area (Å²) in [5.41, 5.74) is 2.50. The molecule has 0 saturated heterocycles. The molecule has 0 aliphatic rings. The van der Waals surface area contributed by atoms with Crippen molar-refractivity contribution in [2.75, 3.05) is 0 Å². The number of carbonyl (C=O) groups excluding carboxylic acids is 1. The second kappa shape index (κ2) is 8.97. The van der Waals surface area contributed by atoms with Crippen LogP contribution in [-0.2, 0) is 12.3 Å². The highest BCUT2D eigenvalue weighted by molar-refractivity contribution is 7.98. The van der Waals surface area contributed by atoms with E-state index in [1.54, 1.807) is 19.3 Å². The summed E-state index contributed by atoms with van der Waals surface area (Å²) in [4.78, 5) is 26.4. The molecule has 29 heavy (non-hydrogen) atoms. The zero-order valence-corrected chi connectivity index (χ0v) is 17.2. The molecule has 146 valence electrons. The largest absolute Gasteiger partial charge is 0.345 e. The molecule has 0 fully saturated rings. The van der Waals surface area contributed by atoms with Gasteiger partial charge < -0.3 is 9.84 Å². The van der Waals surface area contributed by atoms with Crippen LogP contribution in [0.15, 0.2) is 63.6 Å². The van der Waals surface area contributed by atoms with Gasteiger partial charge in [-0.05, 0) is 24.3 Å². The molecule has 9 heteroatoms. The molecule has 0 aliphatic heterocycles. The highest BCUT2D eigenvalue weighted by Crippen LogP contribution is 2.26. The van der Waals surface area contributed by atoms with E-state index in [1.165, 1.54) is 23.1 Å². The molecule has 1 aromatic carbocycles. The Kier molecular flexibility index (Phi) is 5.97. The van der Waals surface area contributed by atoms with Gasteiger partial charge in [-0.15, -0.1) is 23.1 Å². The van der Waals surface area contributed by atoms with E-state index in [4.69, 9.17) is 4.52 Å². The van der Waals surface area contributed by atoms with Crippen LogP contribution in [0.1, 0.15) is 27.1 Å². The van der Waals surface area contributed by atoms with Crippen LogP contribution in [-0.4, -0.2) is 26.0 Å². The number of nitrogens with zero attached hydrogens (tertiary/aromatic N) is 4. The van der Waals surface area contributed by atoms with Gasteiger partial charge >= 0.3 is 0 Å². The van der Waals surface area contributed by atoms with Crippen LogP contribution in [0.25, 0.3) is 11.3 Å². The summed E-state index contributed by atoms with van der Waals surface area (Å²) >= 11 is 3.02. The fraction of sp³-hybridized carbons (Fsp3) is 0.150. The number of hydrogen-bond acceptors (Lipinski definition) is 8. The van der Waals surface area contributed by atoms with Gasteiger partial charge in [-0.1, -0.05) is 17.3 Å². The first-order valence-electron chi connectivity index (χ1n) is 8.83. The lowest BCUT2D eigenvalue weighted by atomic mass is 10.2. The number of pyridine rings is 1. The Bertz CT molecular complexity index is 1110. The van der Waals surface area contributed by atoms with E-state index >= 15 is 0 Å². The van der Waals surface area contributed by atoms with E-state index in [-0.39, 0.29) is 5.91 Å². The maximum Gasteiger partial charge on any atom is 0.252 e. The van der Waals surface area contributed by atoms with Crippen LogP contribution in [0.3, 0.4) is 0 Å². The van der Waals surface area contributed by atoms with E-state index in [0.29, 0.717) is 29.6 Å². The van der Waals surface area contributed by atoms with Gasteiger partial charge in [0.25, 0.3) is 5.91 Å². The molecule has 4 rings (SSSR count). The fourth-order valence-corrected chi connectivity index (χ4v) is 4.26. The van der Waals surface area contributed by atoms with Gasteiger partial charge in [0, 0.05) is 35.2 Å². The summed E-state index contributed by atoms with van der Waals surface area (Å²) in [6.07, 6.45) is 3.47. The van der Waals surface area contributed by atoms with Crippen molar-refractivity contribution < 1.29 is 9.32 Å². The van der Waals surface area contributed by atoms with Crippen LogP contribution in [0, 0.1) is 6.92 Å². The zero-order chi connectivity index (χ0) is 20.1. The minimum Gasteiger partial charge on any atom is -0.345 e. The Morgan fingerprint density at radius 3 is 2.79 bits per heavy atom. The molecule has 7 nitrogen and oxygen atoms in total. The number of nitrogens with one attached hydrogen (secondary N) is 1. The summed E-state index contributed by atoms with van der Waals surface area (Å²) in [5, 5.41) is 9.67. The van der Waals surface area contributed by atoms with Gasteiger partial charge in [0.1, 0.15) is 5.01 Å². The first kappa shape index (κ1) is 19.3. The number of aromatic nitrogens is 4. The van der Waals surface area contributed by atoms with Crippen molar-refractivity contribution in [3.05, 3.63) is 76.5 Å². The molecule has 0 spiro atoms. The first-order valence-corrected chi connectivity index (χ1v) is 10.7. The number of aryl methyl sites for hydroxylation is 1. The minimum atomic E-state index is -0.141. The minimum absolute atomic E-state index is 0.141. The quantitative estimate of drug-likeness (QED) is 0.447. The second-order valence-corrected chi connectivity index (χ2v) is 8.02. The lowest BCUT2D eigenvalue weighted by Crippen LogP contribution is -2.23. The predicted molar refractivity (Wildman–Crippen MR) is 112 cm³/mol. The van der Waals surface area contributed by atoms with Gasteiger partial charge in [-0.2, -0.15) is 4.98 Å². The van der Waals surface area contributed by atoms with Gasteiger partial charge in [-0.25, -0.2) is 4.98 Å². The third kappa shape index (κ3) is 4.87. The molecule has 3 heterocycles. The number of amides is 1. The molecule has 3 aromatic heterocycles. The lowest BCUT2D eigenvalue weighted by Gasteiger charge is -2.08. The summed E-state index contributed by atoms with van der Waals surface area (Å²) in [6.45, 7) is 2.12. The highest BCUT2D eigenvalue weighted by atomic mass is 32.2. The predicted octanol–water partition coefficient (Wildman–Crippen LogP) is 4.12. The van der Waals surface area contributed by atoms with Crippen molar-refractivity contribution in [3.8, 4) is 11.3 Å². The van der Waals surface area contributed by atoms with Gasteiger partial charge in [-0.3, -0.25) is 9.78 Å². The zero-order valence-electron chi connectivity index (χ0n) is 15.5. The Morgan fingerprint density at radius 1 is 1.17 bits per heavy atom. The summed E-state index contributed by atoms with van der Waals surface area (Å²) in [6, 6.07) is 11.3. The maximum absolute atomic E-state index is 12.7.